The Kier molecular flexibility index (Phi) is 5.58. The molecule has 0 aliphatic carbocycles. The van der Waals surface area contributed by atoms with Crippen LogP contribution in [0.1, 0.15) is 15.9 Å². The maximum absolute atomic E-state index is 12.5. The van der Waals surface area contributed by atoms with Gasteiger partial charge in [-0.3, -0.25) is 10.1 Å². The first-order valence-corrected chi connectivity index (χ1v) is 10.4. The standard InChI is InChI=1S/C22H16ClN3OS2/c1-13-10-11-14(12-16(13)23)20(27)26-22(28)25-17-7-3-2-6-15(17)21-24-18-8-4-5-9-19(18)29-21/h2-12H,1H3,(H2,25,26,27,28). The van der Waals surface area contributed by atoms with Crippen LogP contribution in [0.4, 0.5) is 5.69 Å². The Morgan fingerprint density at radius 3 is 2.62 bits per heavy atom. The van der Waals surface area contributed by atoms with E-state index in [0.717, 1.165) is 32.0 Å². The van der Waals surface area contributed by atoms with Gasteiger partial charge in [-0.25, -0.2) is 4.98 Å². The average molecular weight is 438 g/mol. The van der Waals surface area contributed by atoms with Gasteiger partial charge in [-0.15, -0.1) is 11.3 Å². The van der Waals surface area contributed by atoms with Crippen molar-refractivity contribution in [3.63, 3.8) is 0 Å². The van der Waals surface area contributed by atoms with Gasteiger partial charge in [0.25, 0.3) is 5.91 Å². The Morgan fingerprint density at radius 1 is 1.07 bits per heavy atom. The summed E-state index contributed by atoms with van der Waals surface area (Å²) in [5, 5.41) is 7.45. The van der Waals surface area contributed by atoms with Gasteiger partial charge in [-0.1, -0.05) is 41.9 Å². The number of nitrogens with one attached hydrogen (secondary N) is 2. The largest absolute Gasteiger partial charge is 0.332 e. The number of para-hydroxylation sites is 2. The molecule has 4 nitrogen and oxygen atoms in total. The summed E-state index contributed by atoms with van der Waals surface area (Å²) >= 11 is 13.1. The monoisotopic (exact) mass is 437 g/mol. The highest BCUT2D eigenvalue weighted by Gasteiger charge is 2.13. The highest BCUT2D eigenvalue weighted by atomic mass is 35.5. The second kappa shape index (κ2) is 8.29. The van der Waals surface area contributed by atoms with Crippen LogP contribution in [0, 0.1) is 6.92 Å². The van der Waals surface area contributed by atoms with E-state index in [0.29, 0.717) is 10.6 Å². The van der Waals surface area contributed by atoms with Crippen molar-refractivity contribution in [1.29, 1.82) is 0 Å². The van der Waals surface area contributed by atoms with E-state index in [9.17, 15) is 4.79 Å². The van der Waals surface area contributed by atoms with Crippen LogP contribution < -0.4 is 10.6 Å². The first-order valence-electron chi connectivity index (χ1n) is 8.85. The van der Waals surface area contributed by atoms with Gasteiger partial charge in [0.2, 0.25) is 0 Å². The smallest absolute Gasteiger partial charge is 0.257 e. The van der Waals surface area contributed by atoms with Crippen LogP contribution in [0.3, 0.4) is 0 Å². The number of anilines is 1. The first-order chi connectivity index (χ1) is 14.0. The Labute approximate surface area is 182 Å². The van der Waals surface area contributed by atoms with Gasteiger partial charge in [0.15, 0.2) is 5.11 Å². The molecule has 0 unspecified atom stereocenters. The van der Waals surface area contributed by atoms with Gasteiger partial charge in [-0.2, -0.15) is 0 Å². The van der Waals surface area contributed by atoms with Gasteiger partial charge >= 0.3 is 0 Å². The number of amides is 1. The van der Waals surface area contributed by atoms with Crippen molar-refractivity contribution in [3.8, 4) is 10.6 Å². The summed E-state index contributed by atoms with van der Waals surface area (Å²) in [4.78, 5) is 17.2. The molecule has 2 N–H and O–H groups in total. The number of rotatable bonds is 3. The molecule has 0 aliphatic rings. The maximum Gasteiger partial charge on any atom is 0.257 e. The minimum Gasteiger partial charge on any atom is -0.332 e. The molecule has 1 heterocycles. The molecule has 29 heavy (non-hydrogen) atoms. The normalized spacial score (nSPS) is 10.7. The number of hydrogen-bond acceptors (Lipinski definition) is 4. The lowest BCUT2D eigenvalue weighted by Gasteiger charge is -2.12. The van der Waals surface area contributed by atoms with E-state index in [-0.39, 0.29) is 11.0 Å². The van der Waals surface area contributed by atoms with Gasteiger partial charge in [0.1, 0.15) is 5.01 Å². The molecule has 144 valence electrons. The van der Waals surface area contributed by atoms with Crippen molar-refractivity contribution in [3.05, 3.63) is 82.9 Å². The van der Waals surface area contributed by atoms with Gasteiger partial charge in [-0.05, 0) is 61.1 Å². The number of aromatic nitrogens is 1. The number of carbonyl (C=O) groups is 1. The Hall–Kier alpha value is -2.80. The minimum absolute atomic E-state index is 0.209. The first kappa shape index (κ1) is 19.5. The van der Waals surface area contributed by atoms with Gasteiger partial charge < -0.3 is 5.32 Å². The van der Waals surface area contributed by atoms with Crippen LogP contribution in [0.5, 0.6) is 0 Å². The molecule has 0 saturated heterocycles. The summed E-state index contributed by atoms with van der Waals surface area (Å²) < 4.78 is 1.12. The Bertz CT molecular complexity index is 1200. The van der Waals surface area contributed by atoms with Gasteiger partial charge in [0.05, 0.1) is 15.9 Å². The van der Waals surface area contributed by atoms with Crippen molar-refractivity contribution in [2.75, 3.05) is 5.32 Å². The molecule has 0 fully saturated rings. The Balaban J connectivity index is 1.54. The number of benzene rings is 3. The predicted octanol–water partition coefficient (Wildman–Crippen LogP) is 6.05. The predicted molar refractivity (Wildman–Crippen MR) is 125 cm³/mol. The molecule has 0 radical (unpaired) electrons. The van der Waals surface area contributed by atoms with Crippen molar-refractivity contribution in [1.82, 2.24) is 10.3 Å². The molecule has 4 rings (SSSR count). The van der Waals surface area contributed by atoms with Crippen LogP contribution in [0.15, 0.2) is 66.7 Å². The summed E-state index contributed by atoms with van der Waals surface area (Å²) in [6.45, 7) is 1.88. The van der Waals surface area contributed by atoms with E-state index in [1.165, 1.54) is 0 Å². The number of carbonyl (C=O) groups excluding carboxylic acids is 1. The second-order valence-corrected chi connectivity index (χ2v) is 8.25. The summed E-state index contributed by atoms with van der Waals surface area (Å²) in [6, 6.07) is 20.9. The SMILES string of the molecule is Cc1ccc(C(=O)NC(=S)Nc2ccccc2-c2nc3ccccc3s2)cc1Cl. The molecule has 0 saturated carbocycles. The molecule has 4 aromatic rings. The molecule has 0 atom stereocenters. The van der Waals surface area contributed by atoms with Gasteiger partial charge in [0, 0.05) is 16.1 Å². The zero-order chi connectivity index (χ0) is 20.4. The molecular weight excluding hydrogens is 422 g/mol. The number of thiazole rings is 1. The molecule has 0 aliphatic heterocycles. The second-order valence-electron chi connectivity index (χ2n) is 6.40. The average Bonchev–Trinajstić information content (AvgIpc) is 3.14. The van der Waals surface area contributed by atoms with Crippen LogP contribution >= 0.6 is 35.2 Å². The molecule has 1 amide bonds. The fraction of sp³-hybridized carbons (Fsp3) is 0.0455. The van der Waals surface area contributed by atoms with Crippen molar-refractivity contribution < 1.29 is 4.79 Å². The third-order valence-corrected chi connectivity index (χ3v) is 6.04. The van der Waals surface area contributed by atoms with Crippen LogP contribution in [0.25, 0.3) is 20.8 Å². The topological polar surface area (TPSA) is 54.0 Å². The van der Waals surface area contributed by atoms with Crippen LogP contribution in [-0.2, 0) is 0 Å². The lowest BCUT2D eigenvalue weighted by molar-refractivity contribution is 0.0977. The van der Waals surface area contributed by atoms with E-state index in [1.807, 2.05) is 55.5 Å². The zero-order valence-electron chi connectivity index (χ0n) is 15.4. The lowest BCUT2D eigenvalue weighted by Crippen LogP contribution is -2.34. The van der Waals surface area contributed by atoms with Crippen molar-refractivity contribution in [2.24, 2.45) is 0 Å². The summed E-state index contributed by atoms with van der Waals surface area (Å²) in [6.07, 6.45) is 0. The number of thiocarbonyl (C=S) groups is 1. The number of aryl methyl sites for hydroxylation is 1. The number of fused-ring (bicyclic) bond motifs is 1. The summed E-state index contributed by atoms with van der Waals surface area (Å²) in [5.74, 6) is -0.318. The van der Waals surface area contributed by atoms with E-state index in [2.05, 4.69) is 10.6 Å². The molecular formula is C22H16ClN3OS2. The van der Waals surface area contributed by atoms with E-state index < -0.39 is 0 Å². The summed E-state index contributed by atoms with van der Waals surface area (Å²) in [7, 11) is 0. The number of nitrogens with zero attached hydrogens (tertiary/aromatic N) is 1. The minimum atomic E-state index is -0.318. The van der Waals surface area contributed by atoms with Crippen molar-refractivity contribution >= 4 is 62.1 Å². The number of halogens is 1. The van der Waals surface area contributed by atoms with E-state index in [1.54, 1.807) is 29.5 Å². The zero-order valence-corrected chi connectivity index (χ0v) is 17.8. The van der Waals surface area contributed by atoms with E-state index >= 15 is 0 Å². The summed E-state index contributed by atoms with van der Waals surface area (Å²) in [5.41, 5.74) is 4.01. The molecule has 0 spiro atoms. The molecule has 3 aromatic carbocycles. The van der Waals surface area contributed by atoms with Crippen molar-refractivity contribution in [2.45, 2.75) is 6.92 Å². The highest BCUT2D eigenvalue weighted by Crippen LogP contribution is 2.34. The lowest BCUT2D eigenvalue weighted by atomic mass is 10.1. The highest BCUT2D eigenvalue weighted by molar-refractivity contribution is 7.80. The number of hydrogen-bond donors (Lipinski definition) is 2. The molecule has 7 heteroatoms. The fourth-order valence-electron chi connectivity index (χ4n) is 2.83. The van der Waals surface area contributed by atoms with E-state index in [4.69, 9.17) is 28.8 Å². The fourth-order valence-corrected chi connectivity index (χ4v) is 4.22. The third kappa shape index (κ3) is 4.29. The van der Waals surface area contributed by atoms with Crippen LogP contribution in [-0.4, -0.2) is 16.0 Å². The third-order valence-electron chi connectivity index (χ3n) is 4.36. The Morgan fingerprint density at radius 2 is 1.83 bits per heavy atom. The molecule has 1 aromatic heterocycles. The molecule has 0 bridgehead atoms. The quantitative estimate of drug-likeness (QED) is 0.383. The van der Waals surface area contributed by atoms with Crippen LogP contribution in [0.2, 0.25) is 5.02 Å². The maximum atomic E-state index is 12.5.